The summed E-state index contributed by atoms with van der Waals surface area (Å²) in [5.41, 5.74) is 0. The molecule has 1 aromatic heterocycles. The van der Waals surface area contributed by atoms with Crippen LogP contribution in [-0.4, -0.2) is 63.7 Å². The number of hydrogen-bond acceptors (Lipinski definition) is 4. The van der Waals surface area contributed by atoms with Crippen molar-refractivity contribution in [1.29, 1.82) is 0 Å². The zero-order valence-corrected chi connectivity index (χ0v) is 13.6. The Morgan fingerprint density at radius 2 is 2.14 bits per heavy atom. The monoisotopic (exact) mass is 293 g/mol. The number of amides is 1. The molecular weight excluding hydrogens is 266 g/mol. The molecule has 1 aromatic rings. The van der Waals surface area contributed by atoms with Gasteiger partial charge in [0.25, 0.3) is 0 Å². The number of rotatable bonds is 6. The molecule has 6 heteroatoms. The van der Waals surface area contributed by atoms with Crippen molar-refractivity contribution < 1.29 is 4.79 Å². The molecule has 0 radical (unpaired) electrons. The highest BCUT2D eigenvalue weighted by molar-refractivity contribution is 5.76. The SMILES string of the molecule is CC(C)[C@H]1CN(C(=O)CCCn2cncn2)C[C@@H]1N(C)C. The molecule has 0 spiro atoms. The lowest BCUT2D eigenvalue weighted by atomic mass is 9.91. The quantitative estimate of drug-likeness (QED) is 0.788. The topological polar surface area (TPSA) is 54.3 Å². The molecule has 1 saturated heterocycles. The van der Waals surface area contributed by atoms with E-state index in [9.17, 15) is 4.79 Å². The Morgan fingerprint density at radius 3 is 2.67 bits per heavy atom. The van der Waals surface area contributed by atoms with Crippen molar-refractivity contribution in [3.8, 4) is 0 Å². The maximum atomic E-state index is 12.4. The average Bonchev–Trinajstić information content (AvgIpc) is 3.07. The van der Waals surface area contributed by atoms with Gasteiger partial charge in [-0.1, -0.05) is 13.8 Å². The van der Waals surface area contributed by atoms with Gasteiger partial charge in [0.15, 0.2) is 0 Å². The molecule has 2 heterocycles. The first-order chi connectivity index (χ1) is 9.99. The molecular formula is C15H27N5O. The van der Waals surface area contributed by atoms with Gasteiger partial charge in [-0.2, -0.15) is 5.10 Å². The summed E-state index contributed by atoms with van der Waals surface area (Å²) in [6.07, 6.45) is 4.62. The van der Waals surface area contributed by atoms with E-state index < -0.39 is 0 Å². The van der Waals surface area contributed by atoms with Crippen LogP contribution >= 0.6 is 0 Å². The van der Waals surface area contributed by atoms with Crippen LogP contribution in [-0.2, 0) is 11.3 Å². The Hall–Kier alpha value is -1.43. The van der Waals surface area contributed by atoms with Crippen LogP contribution in [0.25, 0.3) is 0 Å². The van der Waals surface area contributed by atoms with Gasteiger partial charge in [0.05, 0.1) is 0 Å². The van der Waals surface area contributed by atoms with Crippen LogP contribution in [0, 0.1) is 11.8 Å². The highest BCUT2D eigenvalue weighted by Crippen LogP contribution is 2.27. The Bertz CT molecular complexity index is 427. The molecule has 21 heavy (non-hydrogen) atoms. The number of likely N-dealkylation sites (tertiary alicyclic amines) is 1. The predicted octanol–water partition coefficient (Wildman–Crippen LogP) is 1.10. The summed E-state index contributed by atoms with van der Waals surface area (Å²) in [6.45, 7) is 7.00. The molecule has 118 valence electrons. The molecule has 1 amide bonds. The molecule has 6 nitrogen and oxygen atoms in total. The van der Waals surface area contributed by atoms with Gasteiger partial charge in [-0.05, 0) is 32.4 Å². The van der Waals surface area contributed by atoms with E-state index in [2.05, 4.69) is 42.9 Å². The molecule has 0 bridgehead atoms. The summed E-state index contributed by atoms with van der Waals surface area (Å²) in [5.74, 6) is 1.44. The summed E-state index contributed by atoms with van der Waals surface area (Å²) in [4.78, 5) is 20.6. The fraction of sp³-hybridized carbons (Fsp3) is 0.800. The number of aromatic nitrogens is 3. The van der Waals surface area contributed by atoms with Crippen molar-refractivity contribution in [1.82, 2.24) is 24.6 Å². The molecule has 1 aliphatic heterocycles. The Morgan fingerprint density at radius 1 is 1.38 bits per heavy atom. The predicted molar refractivity (Wildman–Crippen MR) is 81.6 cm³/mol. The van der Waals surface area contributed by atoms with Crippen molar-refractivity contribution in [2.75, 3.05) is 27.2 Å². The first-order valence-electron chi connectivity index (χ1n) is 7.75. The number of carbonyl (C=O) groups excluding carboxylic acids is 1. The summed E-state index contributed by atoms with van der Waals surface area (Å²) in [7, 11) is 4.22. The van der Waals surface area contributed by atoms with E-state index in [1.54, 1.807) is 11.0 Å². The summed E-state index contributed by atoms with van der Waals surface area (Å²) >= 11 is 0. The van der Waals surface area contributed by atoms with Crippen molar-refractivity contribution in [3.05, 3.63) is 12.7 Å². The van der Waals surface area contributed by atoms with E-state index in [0.717, 1.165) is 26.1 Å². The van der Waals surface area contributed by atoms with Crippen molar-refractivity contribution in [2.45, 2.75) is 39.3 Å². The Balaban J connectivity index is 1.82. The van der Waals surface area contributed by atoms with Gasteiger partial charge in [0.1, 0.15) is 12.7 Å². The number of nitrogens with zero attached hydrogens (tertiary/aromatic N) is 5. The van der Waals surface area contributed by atoms with Gasteiger partial charge in [0, 0.05) is 32.1 Å². The molecule has 1 aliphatic rings. The normalized spacial score (nSPS) is 22.5. The number of carbonyl (C=O) groups is 1. The maximum absolute atomic E-state index is 12.4. The first kappa shape index (κ1) is 15.9. The zero-order chi connectivity index (χ0) is 15.4. The van der Waals surface area contributed by atoms with Crippen molar-refractivity contribution in [3.63, 3.8) is 0 Å². The third kappa shape index (κ3) is 4.03. The Kier molecular flexibility index (Phi) is 5.33. The number of hydrogen-bond donors (Lipinski definition) is 0. The van der Waals surface area contributed by atoms with Crippen LogP contribution in [0.4, 0.5) is 0 Å². The van der Waals surface area contributed by atoms with E-state index >= 15 is 0 Å². The maximum Gasteiger partial charge on any atom is 0.222 e. The van der Waals surface area contributed by atoms with Crippen molar-refractivity contribution in [2.24, 2.45) is 11.8 Å². The van der Waals surface area contributed by atoms with Gasteiger partial charge in [-0.25, -0.2) is 4.98 Å². The van der Waals surface area contributed by atoms with Crippen LogP contribution in [0.1, 0.15) is 26.7 Å². The molecule has 0 aromatic carbocycles. The zero-order valence-electron chi connectivity index (χ0n) is 13.6. The fourth-order valence-electron chi connectivity index (χ4n) is 3.12. The van der Waals surface area contributed by atoms with Gasteiger partial charge in [0.2, 0.25) is 5.91 Å². The van der Waals surface area contributed by atoms with E-state index in [-0.39, 0.29) is 5.91 Å². The first-order valence-corrected chi connectivity index (χ1v) is 7.75. The van der Waals surface area contributed by atoms with E-state index in [1.807, 2.05) is 4.90 Å². The van der Waals surface area contributed by atoms with Crippen LogP contribution in [0.5, 0.6) is 0 Å². The van der Waals surface area contributed by atoms with E-state index in [4.69, 9.17) is 0 Å². The number of aryl methyl sites for hydroxylation is 1. The van der Waals surface area contributed by atoms with Gasteiger partial charge < -0.3 is 9.80 Å². The minimum absolute atomic E-state index is 0.269. The third-order valence-corrected chi connectivity index (χ3v) is 4.45. The summed E-state index contributed by atoms with van der Waals surface area (Å²) < 4.78 is 1.77. The lowest BCUT2D eigenvalue weighted by molar-refractivity contribution is -0.130. The number of likely N-dealkylation sites (N-methyl/N-ethyl adjacent to an activating group) is 1. The van der Waals surface area contributed by atoms with Crippen molar-refractivity contribution >= 4 is 5.91 Å². The second-order valence-corrected chi connectivity index (χ2v) is 6.50. The second-order valence-electron chi connectivity index (χ2n) is 6.50. The van der Waals surface area contributed by atoms with Gasteiger partial charge in [-0.3, -0.25) is 9.48 Å². The van der Waals surface area contributed by atoms with E-state index in [0.29, 0.717) is 24.3 Å². The van der Waals surface area contributed by atoms with Crippen LogP contribution in [0.3, 0.4) is 0 Å². The minimum atomic E-state index is 0.269. The fourth-order valence-corrected chi connectivity index (χ4v) is 3.12. The van der Waals surface area contributed by atoms with Crippen LogP contribution < -0.4 is 0 Å². The summed E-state index contributed by atoms with van der Waals surface area (Å²) in [6, 6.07) is 0.476. The third-order valence-electron chi connectivity index (χ3n) is 4.45. The molecule has 0 saturated carbocycles. The highest BCUT2D eigenvalue weighted by Gasteiger charge is 2.37. The second kappa shape index (κ2) is 7.02. The molecule has 2 rings (SSSR count). The standard InChI is InChI=1S/C15H27N5O/c1-12(2)13-8-19(9-14(13)18(3)4)15(21)6-5-7-20-11-16-10-17-20/h10-14H,5-9H2,1-4H3/t13-,14+/m1/s1. The lowest BCUT2D eigenvalue weighted by Crippen LogP contribution is -2.37. The smallest absolute Gasteiger partial charge is 0.222 e. The van der Waals surface area contributed by atoms with Gasteiger partial charge >= 0.3 is 0 Å². The Labute approximate surface area is 127 Å². The molecule has 0 N–H and O–H groups in total. The molecule has 2 atom stereocenters. The van der Waals surface area contributed by atoms with Crippen LogP contribution in [0.15, 0.2) is 12.7 Å². The lowest BCUT2D eigenvalue weighted by Gasteiger charge is -2.27. The van der Waals surface area contributed by atoms with Crippen LogP contribution in [0.2, 0.25) is 0 Å². The molecule has 1 fully saturated rings. The molecule has 0 unspecified atom stereocenters. The average molecular weight is 293 g/mol. The largest absolute Gasteiger partial charge is 0.341 e. The highest BCUT2D eigenvalue weighted by atomic mass is 16.2. The van der Waals surface area contributed by atoms with E-state index in [1.165, 1.54) is 6.33 Å². The summed E-state index contributed by atoms with van der Waals surface area (Å²) in [5, 5.41) is 4.06. The van der Waals surface area contributed by atoms with Gasteiger partial charge in [-0.15, -0.1) is 0 Å². The minimum Gasteiger partial charge on any atom is -0.341 e. The molecule has 0 aliphatic carbocycles.